The number of rotatable bonds is 7. The van der Waals surface area contributed by atoms with Gasteiger partial charge in [-0.05, 0) is 75.8 Å². The maximum atomic E-state index is 12.9. The number of pyridine rings is 1. The lowest BCUT2D eigenvalue weighted by molar-refractivity contribution is -0.142. The minimum Gasteiger partial charge on any atom is -0.468 e. The second kappa shape index (κ2) is 11.3. The average Bonchev–Trinajstić information content (AvgIpc) is 2.82. The molecule has 1 atom stereocenters. The van der Waals surface area contributed by atoms with Crippen molar-refractivity contribution in [3.8, 4) is 0 Å². The van der Waals surface area contributed by atoms with E-state index in [1.54, 1.807) is 11.1 Å². The van der Waals surface area contributed by atoms with Gasteiger partial charge in [-0.15, -0.1) is 0 Å². The number of nitrogens with zero attached hydrogens (tertiary/aromatic N) is 3. The first-order valence-electron chi connectivity index (χ1n) is 11.7. The lowest BCUT2D eigenvalue weighted by atomic mass is 9.95. The molecule has 0 saturated carbocycles. The van der Waals surface area contributed by atoms with Crippen LogP contribution in [0.25, 0.3) is 0 Å². The highest BCUT2D eigenvalue weighted by atomic mass is 16.6. The number of anilines is 2. The molecule has 0 aliphatic carbocycles. The zero-order chi connectivity index (χ0) is 24.7. The summed E-state index contributed by atoms with van der Waals surface area (Å²) in [5, 5.41) is 0. The number of methoxy groups -OCH3 is 1. The second-order valence-corrected chi connectivity index (χ2v) is 9.71. The highest BCUT2D eigenvalue weighted by Gasteiger charge is 2.29. The molecule has 2 N–H and O–H groups in total. The maximum absolute atomic E-state index is 12.9. The summed E-state index contributed by atoms with van der Waals surface area (Å²) in [6, 6.07) is 13.1. The molecule has 8 heteroatoms. The number of nitrogens with two attached hydrogens (primary N) is 1. The van der Waals surface area contributed by atoms with Crippen LogP contribution in [0.5, 0.6) is 0 Å². The van der Waals surface area contributed by atoms with Crippen molar-refractivity contribution >= 4 is 23.6 Å². The fraction of sp³-hybridized carbons (Fsp3) is 0.500. The largest absolute Gasteiger partial charge is 0.468 e. The zero-order valence-electron chi connectivity index (χ0n) is 20.6. The maximum Gasteiger partial charge on any atom is 0.416 e. The normalized spacial score (nSPS) is 15.5. The molecular weight excluding hydrogens is 432 g/mol. The topological polar surface area (TPSA) is 98.0 Å². The monoisotopic (exact) mass is 468 g/mol. The van der Waals surface area contributed by atoms with Crippen LogP contribution in [0, 0.1) is 5.92 Å². The summed E-state index contributed by atoms with van der Waals surface area (Å²) in [7, 11) is 1.35. The number of ether oxygens (including phenoxy) is 2. The SMILES string of the molecule is COC(=O)C(N)Cc1ccc(N2CCC(CN(C(=O)OC(C)(C)C)c3ccccn3)CC2)cc1. The molecule has 1 amide bonds. The third-order valence-electron chi connectivity index (χ3n) is 5.86. The summed E-state index contributed by atoms with van der Waals surface area (Å²) < 4.78 is 10.3. The van der Waals surface area contributed by atoms with Crippen molar-refractivity contribution in [2.75, 3.05) is 36.5 Å². The Morgan fingerprint density at radius 1 is 1.15 bits per heavy atom. The Kier molecular flexibility index (Phi) is 8.50. The number of amides is 1. The molecule has 1 unspecified atom stereocenters. The molecule has 3 rings (SSSR count). The van der Waals surface area contributed by atoms with Crippen LogP contribution in [-0.4, -0.2) is 55.4 Å². The molecule has 8 nitrogen and oxygen atoms in total. The standard InChI is InChI=1S/C26H36N4O4/c1-26(2,3)34-25(32)30(23-7-5-6-14-28-23)18-20-12-15-29(16-13-20)21-10-8-19(9-11-21)17-22(27)24(31)33-4/h5-11,14,20,22H,12-13,15-18,27H2,1-4H3. The van der Waals surface area contributed by atoms with E-state index in [2.05, 4.69) is 22.0 Å². The Morgan fingerprint density at radius 2 is 1.82 bits per heavy atom. The molecule has 1 aliphatic heterocycles. The van der Waals surface area contributed by atoms with Gasteiger partial charge >= 0.3 is 12.1 Å². The minimum absolute atomic E-state index is 0.350. The quantitative estimate of drug-likeness (QED) is 0.618. The molecule has 1 aliphatic rings. The number of hydrogen-bond donors (Lipinski definition) is 1. The van der Waals surface area contributed by atoms with E-state index in [1.165, 1.54) is 7.11 Å². The highest BCUT2D eigenvalue weighted by Crippen LogP contribution is 2.26. The van der Waals surface area contributed by atoms with Gasteiger partial charge in [-0.25, -0.2) is 9.78 Å². The van der Waals surface area contributed by atoms with Gasteiger partial charge < -0.3 is 20.1 Å². The summed E-state index contributed by atoms with van der Waals surface area (Å²) in [6.07, 6.45) is 3.69. The Balaban J connectivity index is 1.58. The predicted octanol–water partition coefficient (Wildman–Crippen LogP) is 3.78. The molecule has 0 bridgehead atoms. The van der Waals surface area contributed by atoms with E-state index in [4.69, 9.17) is 15.2 Å². The van der Waals surface area contributed by atoms with Crippen LogP contribution in [0.15, 0.2) is 48.7 Å². The Bertz CT molecular complexity index is 936. The van der Waals surface area contributed by atoms with Crippen LogP contribution >= 0.6 is 0 Å². The summed E-state index contributed by atoms with van der Waals surface area (Å²) in [5.74, 6) is 0.556. The van der Waals surface area contributed by atoms with Crippen molar-refractivity contribution in [1.29, 1.82) is 0 Å². The van der Waals surface area contributed by atoms with Crippen molar-refractivity contribution in [2.24, 2.45) is 11.7 Å². The second-order valence-electron chi connectivity index (χ2n) is 9.71. The lowest BCUT2D eigenvalue weighted by Crippen LogP contribution is -2.43. The third-order valence-corrected chi connectivity index (χ3v) is 5.86. The van der Waals surface area contributed by atoms with Gasteiger partial charge in [0, 0.05) is 31.5 Å². The van der Waals surface area contributed by atoms with Crippen molar-refractivity contribution in [2.45, 2.75) is 51.7 Å². The van der Waals surface area contributed by atoms with Crippen LogP contribution in [0.3, 0.4) is 0 Å². The fourth-order valence-corrected chi connectivity index (χ4v) is 4.06. The van der Waals surface area contributed by atoms with E-state index in [0.29, 0.717) is 24.7 Å². The Labute approximate surface area is 202 Å². The molecule has 0 spiro atoms. The average molecular weight is 469 g/mol. The molecule has 1 aromatic carbocycles. The van der Waals surface area contributed by atoms with Crippen LogP contribution < -0.4 is 15.5 Å². The van der Waals surface area contributed by atoms with E-state index in [0.717, 1.165) is 37.2 Å². The molecule has 34 heavy (non-hydrogen) atoms. The summed E-state index contributed by atoms with van der Waals surface area (Å²) in [4.78, 5) is 32.8. The first-order chi connectivity index (χ1) is 16.2. The van der Waals surface area contributed by atoms with Crippen LogP contribution in [0.1, 0.15) is 39.2 Å². The lowest BCUT2D eigenvalue weighted by Gasteiger charge is -2.36. The van der Waals surface area contributed by atoms with Crippen LogP contribution in [-0.2, 0) is 20.7 Å². The number of carbonyl (C=O) groups excluding carboxylic acids is 2. The Morgan fingerprint density at radius 3 is 2.38 bits per heavy atom. The Hall–Kier alpha value is -3.13. The van der Waals surface area contributed by atoms with Gasteiger partial charge in [0.1, 0.15) is 17.5 Å². The van der Waals surface area contributed by atoms with E-state index in [9.17, 15) is 9.59 Å². The summed E-state index contributed by atoms with van der Waals surface area (Å²) in [5.41, 5.74) is 7.44. The molecule has 1 aromatic heterocycles. The number of carbonyl (C=O) groups is 2. The molecule has 2 heterocycles. The molecule has 184 valence electrons. The number of esters is 1. The molecular formula is C26H36N4O4. The van der Waals surface area contributed by atoms with Gasteiger partial charge in [0.2, 0.25) is 0 Å². The summed E-state index contributed by atoms with van der Waals surface area (Å²) >= 11 is 0. The van der Waals surface area contributed by atoms with Crippen LogP contribution in [0.2, 0.25) is 0 Å². The van der Waals surface area contributed by atoms with E-state index < -0.39 is 17.6 Å². The van der Waals surface area contributed by atoms with Crippen molar-refractivity contribution in [3.63, 3.8) is 0 Å². The van der Waals surface area contributed by atoms with Gasteiger partial charge in [-0.1, -0.05) is 18.2 Å². The molecule has 0 radical (unpaired) electrons. The molecule has 2 aromatic rings. The van der Waals surface area contributed by atoms with E-state index in [1.807, 2.05) is 51.1 Å². The van der Waals surface area contributed by atoms with Gasteiger partial charge in [0.15, 0.2) is 0 Å². The number of hydrogen-bond acceptors (Lipinski definition) is 7. The first-order valence-corrected chi connectivity index (χ1v) is 11.7. The third kappa shape index (κ3) is 7.18. The minimum atomic E-state index is -0.654. The highest BCUT2D eigenvalue weighted by molar-refractivity contribution is 5.86. The number of benzene rings is 1. The van der Waals surface area contributed by atoms with Gasteiger partial charge in [0.25, 0.3) is 0 Å². The predicted molar refractivity (Wildman–Crippen MR) is 133 cm³/mol. The van der Waals surface area contributed by atoms with Crippen molar-refractivity contribution < 1.29 is 19.1 Å². The number of piperidine rings is 1. The number of aromatic nitrogens is 1. The van der Waals surface area contributed by atoms with E-state index in [-0.39, 0.29) is 6.09 Å². The summed E-state index contributed by atoms with van der Waals surface area (Å²) in [6.45, 7) is 7.98. The smallest absolute Gasteiger partial charge is 0.416 e. The molecule has 1 saturated heterocycles. The van der Waals surface area contributed by atoms with Crippen LogP contribution in [0.4, 0.5) is 16.3 Å². The van der Waals surface area contributed by atoms with Crippen molar-refractivity contribution in [3.05, 3.63) is 54.2 Å². The molecule has 1 fully saturated rings. The van der Waals surface area contributed by atoms with E-state index >= 15 is 0 Å². The van der Waals surface area contributed by atoms with Crippen molar-refractivity contribution in [1.82, 2.24) is 4.98 Å². The van der Waals surface area contributed by atoms with Gasteiger partial charge in [0.05, 0.1) is 7.11 Å². The van der Waals surface area contributed by atoms with Gasteiger partial charge in [-0.2, -0.15) is 0 Å². The van der Waals surface area contributed by atoms with Gasteiger partial charge in [-0.3, -0.25) is 9.69 Å². The zero-order valence-corrected chi connectivity index (χ0v) is 20.6. The first kappa shape index (κ1) is 25.5. The fourth-order valence-electron chi connectivity index (χ4n) is 4.06.